The van der Waals surface area contributed by atoms with Crippen LogP contribution in [0.15, 0.2) is 42.5 Å². The van der Waals surface area contributed by atoms with Gasteiger partial charge < -0.3 is 5.32 Å². The smallest absolute Gasteiger partial charge is 0.0343 e. The number of benzene rings is 2. The molecule has 0 bridgehead atoms. The Labute approximate surface area is 116 Å². The van der Waals surface area contributed by atoms with E-state index in [1.165, 1.54) is 22.3 Å². The third kappa shape index (κ3) is 2.98. The minimum Gasteiger partial charge on any atom is -0.388 e. The quantitative estimate of drug-likeness (QED) is 0.794. The molecule has 1 N–H and O–H groups in total. The van der Waals surface area contributed by atoms with Gasteiger partial charge in [-0.3, -0.25) is 0 Å². The molecule has 1 nitrogen and oxygen atoms in total. The van der Waals surface area contributed by atoms with Gasteiger partial charge in [-0.25, -0.2) is 0 Å². The third-order valence-electron chi connectivity index (χ3n) is 3.57. The lowest BCUT2D eigenvalue weighted by atomic mass is 9.84. The van der Waals surface area contributed by atoms with Gasteiger partial charge in [0.2, 0.25) is 0 Å². The van der Waals surface area contributed by atoms with Gasteiger partial charge in [0.1, 0.15) is 0 Å². The Morgan fingerprint density at radius 3 is 2.32 bits per heavy atom. The van der Waals surface area contributed by atoms with Gasteiger partial charge in [0.25, 0.3) is 0 Å². The molecule has 0 spiro atoms. The van der Waals surface area contributed by atoms with Gasteiger partial charge in [-0.15, -0.1) is 0 Å². The van der Waals surface area contributed by atoms with Crippen molar-refractivity contribution < 1.29 is 0 Å². The molecule has 0 aliphatic heterocycles. The minimum atomic E-state index is 0.184. The zero-order chi connectivity index (χ0) is 14.0. The summed E-state index contributed by atoms with van der Waals surface area (Å²) in [4.78, 5) is 0. The Kier molecular flexibility index (Phi) is 3.66. The van der Waals surface area contributed by atoms with Crippen molar-refractivity contribution in [3.8, 4) is 11.1 Å². The monoisotopic (exact) mass is 253 g/mol. The van der Waals surface area contributed by atoms with E-state index in [-0.39, 0.29) is 5.41 Å². The normalized spacial score (nSPS) is 11.4. The molecule has 100 valence electrons. The predicted molar refractivity (Wildman–Crippen MR) is 84.9 cm³/mol. The van der Waals surface area contributed by atoms with Crippen molar-refractivity contribution in [3.05, 3.63) is 53.6 Å². The lowest BCUT2D eigenvalue weighted by molar-refractivity contribution is 0.590. The van der Waals surface area contributed by atoms with Crippen LogP contribution in [0.2, 0.25) is 0 Å². The topological polar surface area (TPSA) is 12.0 Å². The van der Waals surface area contributed by atoms with Gasteiger partial charge in [0.15, 0.2) is 0 Å². The van der Waals surface area contributed by atoms with Gasteiger partial charge >= 0.3 is 0 Å². The van der Waals surface area contributed by atoms with E-state index in [0.717, 1.165) is 5.69 Å². The van der Waals surface area contributed by atoms with Gasteiger partial charge in [0.05, 0.1) is 0 Å². The highest BCUT2D eigenvalue weighted by Gasteiger charge is 2.15. The van der Waals surface area contributed by atoms with E-state index in [4.69, 9.17) is 0 Å². The van der Waals surface area contributed by atoms with Crippen LogP contribution >= 0.6 is 0 Å². The Balaban J connectivity index is 2.54. The molecule has 0 heterocycles. The fraction of sp³-hybridized carbons (Fsp3) is 0.333. The number of hydrogen-bond donors (Lipinski definition) is 1. The van der Waals surface area contributed by atoms with Gasteiger partial charge in [-0.2, -0.15) is 0 Å². The zero-order valence-corrected chi connectivity index (χ0v) is 12.5. The highest BCUT2D eigenvalue weighted by molar-refractivity contribution is 5.71. The maximum atomic E-state index is 3.20. The maximum Gasteiger partial charge on any atom is 0.0343 e. The molecule has 1 heteroatoms. The summed E-state index contributed by atoms with van der Waals surface area (Å²) in [5.41, 5.74) is 6.63. The molecule has 0 unspecified atom stereocenters. The number of nitrogens with one attached hydrogen (secondary N) is 1. The van der Waals surface area contributed by atoms with Crippen molar-refractivity contribution in [2.24, 2.45) is 0 Å². The van der Waals surface area contributed by atoms with Crippen LogP contribution in [0.1, 0.15) is 31.9 Å². The van der Waals surface area contributed by atoms with Crippen LogP contribution < -0.4 is 5.32 Å². The summed E-state index contributed by atoms with van der Waals surface area (Å²) in [6.07, 6.45) is 0. The summed E-state index contributed by atoms with van der Waals surface area (Å²) >= 11 is 0. The first-order chi connectivity index (χ1) is 8.91. The predicted octanol–water partition coefficient (Wildman–Crippen LogP) is 5.00. The van der Waals surface area contributed by atoms with E-state index in [2.05, 4.69) is 75.5 Å². The Morgan fingerprint density at radius 1 is 0.947 bits per heavy atom. The SMILES string of the molecule is CNc1cccc(-c2cc(C(C)(C)C)ccc2C)c1. The van der Waals surface area contributed by atoms with E-state index in [9.17, 15) is 0 Å². The number of aryl methyl sites for hydroxylation is 1. The first kappa shape index (κ1) is 13.7. The Morgan fingerprint density at radius 2 is 1.68 bits per heavy atom. The number of anilines is 1. The summed E-state index contributed by atoms with van der Waals surface area (Å²) in [5.74, 6) is 0. The first-order valence-electron chi connectivity index (χ1n) is 6.81. The molecule has 19 heavy (non-hydrogen) atoms. The van der Waals surface area contributed by atoms with Gasteiger partial charge in [0, 0.05) is 12.7 Å². The van der Waals surface area contributed by atoms with E-state index in [1.54, 1.807) is 0 Å². The molecule has 2 aromatic carbocycles. The van der Waals surface area contributed by atoms with Crippen LogP contribution in [-0.4, -0.2) is 7.05 Å². The molecule has 2 aromatic rings. The molecular formula is C18H23N. The molecule has 0 aliphatic rings. The second-order valence-electron chi connectivity index (χ2n) is 6.11. The summed E-state index contributed by atoms with van der Waals surface area (Å²) in [6.45, 7) is 8.94. The molecule has 0 aliphatic carbocycles. The molecule has 0 atom stereocenters. The zero-order valence-electron chi connectivity index (χ0n) is 12.5. The lowest BCUT2D eigenvalue weighted by Gasteiger charge is -2.21. The van der Waals surface area contributed by atoms with Crippen LogP contribution in [0.3, 0.4) is 0 Å². The van der Waals surface area contributed by atoms with E-state index in [0.29, 0.717) is 0 Å². The van der Waals surface area contributed by atoms with Crippen LogP contribution in [0.5, 0.6) is 0 Å². The standard InChI is InChI=1S/C18H23N/c1-13-9-10-15(18(2,3)4)12-17(13)14-7-6-8-16(11-14)19-5/h6-12,19H,1-5H3. The van der Waals surface area contributed by atoms with Crippen LogP contribution in [0.4, 0.5) is 5.69 Å². The van der Waals surface area contributed by atoms with E-state index in [1.807, 2.05) is 7.05 Å². The Bertz CT molecular complexity index is 576. The van der Waals surface area contributed by atoms with Crippen molar-refractivity contribution in [1.82, 2.24) is 0 Å². The highest BCUT2D eigenvalue weighted by atomic mass is 14.8. The lowest BCUT2D eigenvalue weighted by Crippen LogP contribution is -2.11. The average molecular weight is 253 g/mol. The number of rotatable bonds is 2. The van der Waals surface area contributed by atoms with Crippen LogP contribution in [0.25, 0.3) is 11.1 Å². The van der Waals surface area contributed by atoms with Crippen molar-refractivity contribution >= 4 is 5.69 Å². The van der Waals surface area contributed by atoms with E-state index >= 15 is 0 Å². The molecule has 2 rings (SSSR count). The molecule has 0 saturated carbocycles. The van der Waals surface area contributed by atoms with Gasteiger partial charge in [-0.05, 0) is 46.7 Å². The molecule has 0 fully saturated rings. The maximum absolute atomic E-state index is 3.20. The van der Waals surface area contributed by atoms with Crippen LogP contribution in [0, 0.1) is 6.92 Å². The summed E-state index contributed by atoms with van der Waals surface area (Å²) in [5, 5.41) is 3.20. The molecule has 0 aromatic heterocycles. The van der Waals surface area contributed by atoms with Crippen molar-refractivity contribution in [2.45, 2.75) is 33.1 Å². The van der Waals surface area contributed by atoms with Crippen molar-refractivity contribution in [2.75, 3.05) is 12.4 Å². The second kappa shape index (κ2) is 5.08. The minimum absolute atomic E-state index is 0.184. The molecule has 0 saturated heterocycles. The largest absolute Gasteiger partial charge is 0.388 e. The summed E-state index contributed by atoms with van der Waals surface area (Å²) in [6, 6.07) is 15.4. The number of hydrogen-bond acceptors (Lipinski definition) is 1. The fourth-order valence-corrected chi connectivity index (χ4v) is 2.24. The summed E-state index contributed by atoms with van der Waals surface area (Å²) < 4.78 is 0. The van der Waals surface area contributed by atoms with Gasteiger partial charge in [-0.1, -0.05) is 51.1 Å². The second-order valence-corrected chi connectivity index (χ2v) is 6.11. The highest BCUT2D eigenvalue weighted by Crippen LogP contribution is 2.31. The average Bonchev–Trinajstić information content (AvgIpc) is 2.38. The van der Waals surface area contributed by atoms with Crippen molar-refractivity contribution in [1.29, 1.82) is 0 Å². The molecular weight excluding hydrogens is 230 g/mol. The Hall–Kier alpha value is -1.76. The third-order valence-corrected chi connectivity index (χ3v) is 3.57. The summed E-state index contributed by atoms with van der Waals surface area (Å²) in [7, 11) is 1.96. The fourth-order valence-electron chi connectivity index (χ4n) is 2.24. The molecule has 0 radical (unpaired) electrons. The van der Waals surface area contributed by atoms with Crippen LogP contribution in [-0.2, 0) is 5.41 Å². The molecule has 0 amide bonds. The first-order valence-corrected chi connectivity index (χ1v) is 6.81. The van der Waals surface area contributed by atoms with Crippen molar-refractivity contribution in [3.63, 3.8) is 0 Å². The van der Waals surface area contributed by atoms with E-state index < -0.39 is 0 Å².